The standard InChI is InChI=1S/C25H24NP/c1-21-12-11-13-22(26-21)20-27(23-14-5-2-6-15-23,24-16-7-3-8-17-24)25-18-9-4-10-19-25/h2-19,27H,20H2,1H3. The van der Waals surface area contributed by atoms with Crippen molar-refractivity contribution in [2.45, 2.75) is 13.1 Å². The van der Waals surface area contributed by atoms with E-state index in [-0.39, 0.29) is 0 Å². The molecule has 1 nitrogen and oxygen atoms in total. The van der Waals surface area contributed by atoms with Gasteiger partial charge >= 0.3 is 162 Å². The number of benzene rings is 3. The van der Waals surface area contributed by atoms with Gasteiger partial charge in [0.2, 0.25) is 0 Å². The van der Waals surface area contributed by atoms with Crippen LogP contribution in [0, 0.1) is 6.92 Å². The molecule has 134 valence electrons. The van der Waals surface area contributed by atoms with Gasteiger partial charge in [-0.25, -0.2) is 0 Å². The van der Waals surface area contributed by atoms with Gasteiger partial charge in [-0.3, -0.25) is 0 Å². The fourth-order valence-corrected chi connectivity index (χ4v) is 8.58. The van der Waals surface area contributed by atoms with Crippen molar-refractivity contribution in [2.75, 3.05) is 0 Å². The Morgan fingerprint density at radius 2 is 1.00 bits per heavy atom. The Morgan fingerprint density at radius 1 is 0.556 bits per heavy atom. The van der Waals surface area contributed by atoms with Gasteiger partial charge in [-0.05, 0) is 0 Å². The molecule has 4 aromatic rings. The van der Waals surface area contributed by atoms with Gasteiger partial charge in [0.1, 0.15) is 0 Å². The molecule has 0 fully saturated rings. The van der Waals surface area contributed by atoms with Crippen molar-refractivity contribution in [3.8, 4) is 0 Å². The van der Waals surface area contributed by atoms with Gasteiger partial charge < -0.3 is 0 Å². The van der Waals surface area contributed by atoms with Crippen molar-refractivity contribution in [1.82, 2.24) is 4.98 Å². The summed E-state index contributed by atoms with van der Waals surface area (Å²) in [5.74, 6) is 0. The Bertz CT molecular complexity index is 901. The van der Waals surface area contributed by atoms with Crippen LogP contribution in [-0.4, -0.2) is 4.98 Å². The molecule has 3 aromatic carbocycles. The Balaban J connectivity index is 2.00. The first-order valence-electron chi connectivity index (χ1n) is 9.38. The summed E-state index contributed by atoms with van der Waals surface area (Å²) in [6, 6.07) is 39.4. The molecular weight excluding hydrogens is 345 g/mol. The van der Waals surface area contributed by atoms with Gasteiger partial charge in [0.15, 0.2) is 0 Å². The molecule has 0 saturated carbocycles. The molecule has 27 heavy (non-hydrogen) atoms. The third-order valence-electron chi connectivity index (χ3n) is 5.19. The van der Waals surface area contributed by atoms with Crippen LogP contribution in [0.5, 0.6) is 0 Å². The number of rotatable bonds is 5. The van der Waals surface area contributed by atoms with E-state index in [0.717, 1.165) is 11.9 Å². The van der Waals surface area contributed by atoms with Gasteiger partial charge in [-0.2, -0.15) is 0 Å². The number of nitrogens with zero attached hydrogens (tertiary/aromatic N) is 1. The first-order chi connectivity index (χ1) is 13.3. The Labute approximate surface area is 162 Å². The van der Waals surface area contributed by atoms with Gasteiger partial charge in [-0.15, -0.1) is 0 Å². The molecule has 1 aromatic heterocycles. The van der Waals surface area contributed by atoms with Crippen molar-refractivity contribution >= 4 is 23.2 Å². The van der Waals surface area contributed by atoms with Crippen LogP contribution in [0.1, 0.15) is 11.4 Å². The second-order valence-corrected chi connectivity index (χ2v) is 10.8. The molecule has 0 aliphatic carbocycles. The SMILES string of the molecule is Cc1cccc(C[PH](c2ccccc2)(c2ccccc2)c2ccccc2)n1. The fraction of sp³-hybridized carbons (Fsp3) is 0.0800. The predicted octanol–water partition coefficient (Wildman–Crippen LogP) is 4.62. The van der Waals surface area contributed by atoms with Crippen LogP contribution >= 0.6 is 7.26 Å². The molecule has 1 heterocycles. The van der Waals surface area contributed by atoms with Crippen LogP contribution in [-0.2, 0) is 6.16 Å². The van der Waals surface area contributed by atoms with Crippen LogP contribution in [0.25, 0.3) is 0 Å². The molecule has 0 aliphatic rings. The van der Waals surface area contributed by atoms with Crippen LogP contribution in [0.3, 0.4) is 0 Å². The number of pyridine rings is 1. The van der Waals surface area contributed by atoms with Gasteiger partial charge in [0.25, 0.3) is 0 Å². The average molecular weight is 369 g/mol. The summed E-state index contributed by atoms with van der Waals surface area (Å²) < 4.78 is 0. The van der Waals surface area contributed by atoms with Crippen LogP contribution in [0.15, 0.2) is 109 Å². The third-order valence-corrected chi connectivity index (χ3v) is 10.0. The van der Waals surface area contributed by atoms with Crippen LogP contribution in [0.4, 0.5) is 0 Å². The molecule has 0 saturated heterocycles. The van der Waals surface area contributed by atoms with Crippen LogP contribution in [0.2, 0.25) is 0 Å². The molecule has 4 rings (SSSR count). The predicted molar refractivity (Wildman–Crippen MR) is 119 cm³/mol. The summed E-state index contributed by atoms with van der Waals surface area (Å²) in [7, 11) is -2.25. The summed E-state index contributed by atoms with van der Waals surface area (Å²) in [6.07, 6.45) is 0.951. The van der Waals surface area contributed by atoms with Crippen molar-refractivity contribution in [3.05, 3.63) is 121 Å². The molecule has 0 N–H and O–H groups in total. The monoisotopic (exact) mass is 369 g/mol. The zero-order valence-corrected chi connectivity index (χ0v) is 16.5. The zero-order chi connectivity index (χ0) is 18.5. The van der Waals surface area contributed by atoms with E-state index < -0.39 is 7.26 Å². The number of hydrogen-bond donors (Lipinski definition) is 0. The number of aryl methyl sites for hydroxylation is 1. The second kappa shape index (κ2) is 7.86. The third kappa shape index (κ3) is 3.56. The van der Waals surface area contributed by atoms with Crippen molar-refractivity contribution in [2.24, 2.45) is 0 Å². The molecule has 2 heteroatoms. The van der Waals surface area contributed by atoms with Gasteiger partial charge in [0.05, 0.1) is 0 Å². The summed E-state index contributed by atoms with van der Waals surface area (Å²) in [5, 5.41) is 4.27. The quantitative estimate of drug-likeness (QED) is 0.468. The molecule has 0 atom stereocenters. The van der Waals surface area contributed by atoms with Crippen LogP contribution < -0.4 is 15.9 Å². The molecule has 0 aliphatic heterocycles. The first-order valence-corrected chi connectivity index (χ1v) is 11.6. The minimum absolute atomic E-state index is 0.951. The van der Waals surface area contributed by atoms with Crippen molar-refractivity contribution in [3.63, 3.8) is 0 Å². The molecule has 0 spiro atoms. The Hall–Kier alpha value is -2.76. The Kier molecular flexibility index (Phi) is 5.14. The second-order valence-electron chi connectivity index (χ2n) is 6.95. The topological polar surface area (TPSA) is 12.9 Å². The van der Waals surface area contributed by atoms with Gasteiger partial charge in [-0.1, -0.05) is 0 Å². The average Bonchev–Trinajstić information content (AvgIpc) is 2.74. The summed E-state index contributed by atoms with van der Waals surface area (Å²) in [5.41, 5.74) is 2.24. The molecular formula is C25H24NP. The van der Waals surface area contributed by atoms with E-state index in [1.165, 1.54) is 21.6 Å². The van der Waals surface area contributed by atoms with E-state index in [4.69, 9.17) is 4.98 Å². The summed E-state index contributed by atoms with van der Waals surface area (Å²) in [4.78, 5) is 4.87. The van der Waals surface area contributed by atoms with Crippen molar-refractivity contribution in [1.29, 1.82) is 0 Å². The minimum atomic E-state index is -2.25. The van der Waals surface area contributed by atoms with Gasteiger partial charge in [0, 0.05) is 0 Å². The van der Waals surface area contributed by atoms with E-state index in [1.807, 2.05) is 0 Å². The zero-order valence-electron chi connectivity index (χ0n) is 15.5. The summed E-state index contributed by atoms with van der Waals surface area (Å²) >= 11 is 0. The molecule has 0 bridgehead atoms. The summed E-state index contributed by atoms with van der Waals surface area (Å²) in [6.45, 7) is 2.07. The van der Waals surface area contributed by atoms with E-state index in [0.29, 0.717) is 0 Å². The van der Waals surface area contributed by atoms with E-state index >= 15 is 0 Å². The first kappa shape index (κ1) is 17.6. The molecule has 0 amide bonds. The molecule has 0 radical (unpaired) electrons. The Morgan fingerprint density at radius 3 is 1.41 bits per heavy atom. The maximum absolute atomic E-state index is 4.87. The fourth-order valence-electron chi connectivity index (χ4n) is 3.94. The van der Waals surface area contributed by atoms with E-state index in [1.54, 1.807) is 0 Å². The number of hydrogen-bond acceptors (Lipinski definition) is 1. The number of aromatic nitrogens is 1. The van der Waals surface area contributed by atoms with Crippen molar-refractivity contribution < 1.29 is 0 Å². The normalized spacial score (nSPS) is 11.9. The maximum atomic E-state index is 4.87. The van der Waals surface area contributed by atoms with E-state index in [2.05, 4.69) is 116 Å². The van der Waals surface area contributed by atoms with E-state index in [9.17, 15) is 0 Å². The molecule has 0 unspecified atom stereocenters.